The molecule has 0 aromatic heterocycles. The van der Waals surface area contributed by atoms with E-state index in [1.54, 1.807) is 24.3 Å². The Kier molecular flexibility index (Phi) is 7.25. The third-order valence-corrected chi connectivity index (χ3v) is 3.25. The highest BCUT2D eigenvalue weighted by molar-refractivity contribution is 5.94. The van der Waals surface area contributed by atoms with Crippen LogP contribution in [0.3, 0.4) is 0 Å². The van der Waals surface area contributed by atoms with E-state index >= 15 is 0 Å². The van der Waals surface area contributed by atoms with Gasteiger partial charge >= 0.3 is 5.97 Å². The zero-order valence-electron chi connectivity index (χ0n) is 14.1. The van der Waals surface area contributed by atoms with E-state index in [4.69, 9.17) is 0 Å². The van der Waals surface area contributed by atoms with Gasteiger partial charge in [0.1, 0.15) is 0 Å². The topological polar surface area (TPSA) is 75.7 Å². The number of carbonyl (C=O) groups excluding carboxylic acids is 3. The van der Waals surface area contributed by atoms with Crippen LogP contribution in [0.5, 0.6) is 0 Å². The molecule has 0 aliphatic heterocycles. The molecule has 1 N–H and O–H groups in total. The van der Waals surface area contributed by atoms with Crippen LogP contribution >= 0.6 is 0 Å². The van der Waals surface area contributed by atoms with Crippen LogP contribution in [-0.4, -0.2) is 38.0 Å². The first-order chi connectivity index (χ1) is 10.8. The summed E-state index contributed by atoms with van der Waals surface area (Å²) in [6.45, 7) is 6.39. The molecule has 0 atom stereocenters. The van der Waals surface area contributed by atoms with Gasteiger partial charge in [0.25, 0.3) is 0 Å². The van der Waals surface area contributed by atoms with Gasteiger partial charge in [-0.05, 0) is 30.2 Å². The fourth-order valence-electron chi connectivity index (χ4n) is 1.98. The Hall–Kier alpha value is -2.37. The molecule has 0 saturated carbocycles. The monoisotopic (exact) mass is 320 g/mol. The maximum Gasteiger partial charge on any atom is 0.337 e. The summed E-state index contributed by atoms with van der Waals surface area (Å²) in [5.41, 5.74) is 1.05. The van der Waals surface area contributed by atoms with Crippen molar-refractivity contribution in [2.75, 3.05) is 25.1 Å². The highest BCUT2D eigenvalue weighted by Gasteiger charge is 2.14. The van der Waals surface area contributed by atoms with Crippen molar-refractivity contribution in [1.82, 2.24) is 5.32 Å². The van der Waals surface area contributed by atoms with E-state index < -0.39 is 5.97 Å². The van der Waals surface area contributed by atoms with E-state index in [2.05, 4.69) is 10.1 Å². The Balaban J connectivity index is 2.69. The molecule has 2 amide bonds. The number of carbonyl (C=O) groups is 3. The molecule has 0 heterocycles. The van der Waals surface area contributed by atoms with Gasteiger partial charge < -0.3 is 15.0 Å². The lowest BCUT2D eigenvalue weighted by Crippen LogP contribution is -2.34. The summed E-state index contributed by atoms with van der Waals surface area (Å²) in [6, 6.07) is 6.52. The average Bonchev–Trinajstić information content (AvgIpc) is 2.52. The smallest absolute Gasteiger partial charge is 0.337 e. The maximum absolute atomic E-state index is 11.8. The molecular formula is C17H24N2O4. The first-order valence-electron chi connectivity index (χ1n) is 7.58. The number of hydrogen-bond acceptors (Lipinski definition) is 4. The number of anilines is 1. The van der Waals surface area contributed by atoms with Crippen molar-refractivity contribution in [3.63, 3.8) is 0 Å². The van der Waals surface area contributed by atoms with Gasteiger partial charge in [-0.2, -0.15) is 0 Å². The number of nitrogens with one attached hydrogen (secondary N) is 1. The third-order valence-electron chi connectivity index (χ3n) is 3.25. The average molecular weight is 320 g/mol. The molecule has 0 fully saturated rings. The minimum absolute atomic E-state index is 0.0869. The number of methoxy groups -OCH3 is 1. The van der Waals surface area contributed by atoms with Crippen molar-refractivity contribution in [1.29, 1.82) is 0 Å². The summed E-state index contributed by atoms with van der Waals surface area (Å²) in [7, 11) is 1.31. The lowest BCUT2D eigenvalue weighted by molar-refractivity contribution is -0.121. The molecule has 0 saturated heterocycles. The van der Waals surface area contributed by atoms with Gasteiger partial charge in [0.2, 0.25) is 11.8 Å². The minimum atomic E-state index is -0.431. The number of amides is 2. The first kappa shape index (κ1) is 18.7. The second kappa shape index (κ2) is 8.92. The summed E-state index contributed by atoms with van der Waals surface area (Å²) in [6.07, 6.45) is 0.227. The number of ether oxygens (including phenoxy) is 1. The molecule has 0 aliphatic carbocycles. The second-order valence-corrected chi connectivity index (χ2v) is 5.66. The largest absolute Gasteiger partial charge is 0.465 e. The summed E-state index contributed by atoms with van der Waals surface area (Å²) in [5.74, 6) is -0.295. The minimum Gasteiger partial charge on any atom is -0.465 e. The third kappa shape index (κ3) is 6.10. The molecule has 1 rings (SSSR count). The fraction of sp³-hybridized carbons (Fsp3) is 0.471. The molecule has 0 radical (unpaired) electrons. The van der Waals surface area contributed by atoms with E-state index in [-0.39, 0.29) is 24.8 Å². The SMILES string of the molecule is COC(=O)c1ccc(N(CCC(=O)NCC(C)C)C(C)=O)cc1. The van der Waals surface area contributed by atoms with Crippen LogP contribution in [0.25, 0.3) is 0 Å². The number of nitrogens with zero attached hydrogens (tertiary/aromatic N) is 1. The van der Waals surface area contributed by atoms with Crippen LogP contribution in [0.15, 0.2) is 24.3 Å². The fourth-order valence-corrected chi connectivity index (χ4v) is 1.98. The Bertz CT molecular complexity index is 552. The maximum atomic E-state index is 11.8. The van der Waals surface area contributed by atoms with E-state index in [1.165, 1.54) is 18.9 Å². The lowest BCUT2D eigenvalue weighted by atomic mass is 10.2. The van der Waals surface area contributed by atoms with Crippen molar-refractivity contribution in [3.8, 4) is 0 Å². The van der Waals surface area contributed by atoms with Gasteiger partial charge in [-0.25, -0.2) is 4.79 Å². The Morgan fingerprint density at radius 3 is 2.26 bits per heavy atom. The first-order valence-corrected chi connectivity index (χ1v) is 7.58. The number of benzene rings is 1. The molecular weight excluding hydrogens is 296 g/mol. The van der Waals surface area contributed by atoms with E-state index in [1.807, 2.05) is 13.8 Å². The molecule has 0 bridgehead atoms. The van der Waals surface area contributed by atoms with Crippen molar-refractivity contribution in [2.24, 2.45) is 5.92 Å². The predicted molar refractivity (Wildman–Crippen MR) is 88.3 cm³/mol. The second-order valence-electron chi connectivity index (χ2n) is 5.66. The van der Waals surface area contributed by atoms with Crippen LogP contribution in [0.2, 0.25) is 0 Å². The Morgan fingerprint density at radius 1 is 1.17 bits per heavy atom. The molecule has 1 aromatic carbocycles. The number of esters is 1. The summed E-state index contributed by atoms with van der Waals surface area (Å²) in [5, 5.41) is 2.82. The van der Waals surface area contributed by atoms with Gasteiger partial charge in [0.15, 0.2) is 0 Å². The van der Waals surface area contributed by atoms with Gasteiger partial charge in [0, 0.05) is 32.1 Å². The molecule has 0 aliphatic rings. The molecule has 1 aromatic rings. The van der Waals surface area contributed by atoms with Crippen LogP contribution < -0.4 is 10.2 Å². The van der Waals surface area contributed by atoms with Gasteiger partial charge in [-0.15, -0.1) is 0 Å². The van der Waals surface area contributed by atoms with Crippen molar-refractivity contribution in [3.05, 3.63) is 29.8 Å². The predicted octanol–water partition coefficient (Wildman–Crippen LogP) is 1.99. The van der Waals surface area contributed by atoms with Crippen molar-refractivity contribution < 1.29 is 19.1 Å². The zero-order chi connectivity index (χ0) is 17.4. The van der Waals surface area contributed by atoms with Gasteiger partial charge in [-0.1, -0.05) is 13.8 Å². The Labute approximate surface area is 136 Å². The number of hydrogen-bond donors (Lipinski definition) is 1. The highest BCUT2D eigenvalue weighted by atomic mass is 16.5. The molecule has 0 unspecified atom stereocenters. The quantitative estimate of drug-likeness (QED) is 0.780. The van der Waals surface area contributed by atoms with Crippen molar-refractivity contribution >= 4 is 23.5 Å². The molecule has 6 nitrogen and oxygen atoms in total. The van der Waals surface area contributed by atoms with Gasteiger partial charge in [0.05, 0.1) is 12.7 Å². The molecule has 23 heavy (non-hydrogen) atoms. The summed E-state index contributed by atoms with van der Waals surface area (Å²) >= 11 is 0. The highest BCUT2D eigenvalue weighted by Crippen LogP contribution is 2.16. The molecule has 6 heteroatoms. The normalized spacial score (nSPS) is 10.3. The summed E-state index contributed by atoms with van der Waals surface area (Å²) < 4.78 is 4.64. The van der Waals surface area contributed by atoms with Gasteiger partial charge in [-0.3, -0.25) is 9.59 Å². The zero-order valence-corrected chi connectivity index (χ0v) is 14.1. The Morgan fingerprint density at radius 2 is 1.78 bits per heavy atom. The summed E-state index contributed by atoms with van der Waals surface area (Å²) in [4.78, 5) is 36.5. The van der Waals surface area contributed by atoms with Crippen LogP contribution in [0.4, 0.5) is 5.69 Å². The van der Waals surface area contributed by atoms with E-state index in [0.29, 0.717) is 23.7 Å². The van der Waals surface area contributed by atoms with Crippen molar-refractivity contribution in [2.45, 2.75) is 27.2 Å². The van der Waals surface area contributed by atoms with Crippen LogP contribution in [0, 0.1) is 5.92 Å². The standard InChI is InChI=1S/C17H24N2O4/c1-12(2)11-18-16(21)9-10-19(13(3)20)15-7-5-14(6-8-15)17(22)23-4/h5-8,12H,9-11H2,1-4H3,(H,18,21). The van der Waals surface area contributed by atoms with Crippen LogP contribution in [-0.2, 0) is 14.3 Å². The van der Waals surface area contributed by atoms with E-state index in [9.17, 15) is 14.4 Å². The molecule has 0 spiro atoms. The van der Waals surface area contributed by atoms with E-state index in [0.717, 1.165) is 0 Å². The number of rotatable bonds is 7. The van der Waals surface area contributed by atoms with Crippen LogP contribution in [0.1, 0.15) is 37.6 Å². The molecule has 126 valence electrons. The lowest BCUT2D eigenvalue weighted by Gasteiger charge is -2.21.